The fraction of sp³-hybridized carbons (Fsp3) is 0.0625. The van der Waals surface area contributed by atoms with Crippen molar-refractivity contribution in [1.82, 2.24) is 10.2 Å². The van der Waals surface area contributed by atoms with Crippen molar-refractivity contribution < 1.29 is 13.2 Å². The first-order valence-electron chi connectivity index (χ1n) is 6.80. The molecular formula is C16H15N3O3S. The first-order chi connectivity index (χ1) is 11.0. The van der Waals surface area contributed by atoms with Gasteiger partial charge in [-0.05, 0) is 29.8 Å². The molecule has 3 rings (SSSR count). The molecule has 118 valence electrons. The summed E-state index contributed by atoms with van der Waals surface area (Å²) in [7, 11) is -2.08. The number of benzene rings is 2. The Labute approximate surface area is 134 Å². The van der Waals surface area contributed by atoms with Gasteiger partial charge in [0, 0.05) is 11.1 Å². The zero-order chi connectivity index (χ0) is 16.4. The van der Waals surface area contributed by atoms with E-state index < -0.39 is 10.0 Å². The Bertz CT molecular complexity index is 914. The van der Waals surface area contributed by atoms with E-state index in [9.17, 15) is 8.42 Å². The first-order valence-corrected chi connectivity index (χ1v) is 8.35. The number of methoxy groups -OCH3 is 1. The number of sulfonamides is 1. The molecule has 23 heavy (non-hydrogen) atoms. The number of hydrogen-bond acceptors (Lipinski definition) is 4. The van der Waals surface area contributed by atoms with Gasteiger partial charge in [-0.15, -0.1) is 0 Å². The topological polar surface area (TPSA) is 98.1 Å². The molecule has 1 heterocycles. The number of aromatic nitrogens is 2. The number of rotatable bonds is 4. The molecule has 0 unspecified atom stereocenters. The minimum Gasteiger partial charge on any atom is -0.497 e. The van der Waals surface area contributed by atoms with Crippen molar-refractivity contribution in [3.05, 3.63) is 54.7 Å². The van der Waals surface area contributed by atoms with Gasteiger partial charge >= 0.3 is 0 Å². The van der Waals surface area contributed by atoms with Gasteiger partial charge in [0.1, 0.15) is 5.75 Å². The highest BCUT2D eigenvalue weighted by Gasteiger charge is 2.12. The molecule has 0 radical (unpaired) electrons. The highest BCUT2D eigenvalue weighted by atomic mass is 32.2. The summed E-state index contributed by atoms with van der Waals surface area (Å²) in [5, 5.41) is 12.1. The molecule has 0 aliphatic carbocycles. The van der Waals surface area contributed by atoms with Crippen molar-refractivity contribution in [3.63, 3.8) is 0 Å². The van der Waals surface area contributed by atoms with E-state index in [1.54, 1.807) is 25.4 Å². The van der Waals surface area contributed by atoms with Crippen LogP contribution in [0.5, 0.6) is 5.75 Å². The van der Waals surface area contributed by atoms with E-state index in [0.29, 0.717) is 0 Å². The van der Waals surface area contributed by atoms with Gasteiger partial charge < -0.3 is 4.74 Å². The number of H-pyrrole nitrogens is 1. The van der Waals surface area contributed by atoms with Crippen LogP contribution in [0.4, 0.5) is 0 Å². The number of nitrogens with two attached hydrogens (primary N) is 1. The van der Waals surface area contributed by atoms with E-state index in [4.69, 9.17) is 9.88 Å². The predicted octanol–water partition coefficient (Wildman–Crippen LogP) is 2.40. The fourth-order valence-electron chi connectivity index (χ4n) is 2.31. The van der Waals surface area contributed by atoms with Gasteiger partial charge in [0.15, 0.2) is 0 Å². The molecular weight excluding hydrogens is 314 g/mol. The molecule has 0 aliphatic rings. The minimum atomic E-state index is -3.70. The van der Waals surface area contributed by atoms with Gasteiger partial charge in [-0.3, -0.25) is 5.10 Å². The van der Waals surface area contributed by atoms with Crippen molar-refractivity contribution >= 4 is 10.0 Å². The number of hydrogen-bond donors (Lipinski definition) is 2. The Morgan fingerprint density at radius 2 is 1.61 bits per heavy atom. The number of ether oxygens (including phenoxy) is 1. The summed E-state index contributed by atoms with van der Waals surface area (Å²) in [6, 6.07) is 14.0. The lowest BCUT2D eigenvalue weighted by Gasteiger charge is -2.06. The van der Waals surface area contributed by atoms with Gasteiger partial charge in [-0.2, -0.15) is 5.10 Å². The second-order valence-corrected chi connectivity index (χ2v) is 6.52. The number of aromatic amines is 1. The Morgan fingerprint density at radius 1 is 1.00 bits per heavy atom. The minimum absolute atomic E-state index is 0.0757. The van der Waals surface area contributed by atoms with Gasteiger partial charge in [-0.25, -0.2) is 13.6 Å². The molecule has 0 amide bonds. The normalized spacial score (nSPS) is 11.4. The standard InChI is InChI=1S/C16H15N3O3S/c1-22-13-6-2-11(3-7-13)15-10-18-19-16(15)12-4-8-14(9-5-12)23(17,20)21/h2-10H,1H3,(H,18,19)(H2,17,20,21). The van der Waals surface area contributed by atoms with E-state index in [0.717, 1.165) is 28.1 Å². The van der Waals surface area contributed by atoms with Crippen LogP contribution in [-0.2, 0) is 10.0 Å². The Morgan fingerprint density at radius 3 is 2.17 bits per heavy atom. The molecule has 0 spiro atoms. The van der Waals surface area contributed by atoms with E-state index >= 15 is 0 Å². The molecule has 0 atom stereocenters. The molecule has 3 N–H and O–H groups in total. The summed E-state index contributed by atoms with van der Waals surface area (Å²) in [5.41, 5.74) is 3.51. The SMILES string of the molecule is COc1ccc(-c2cn[nH]c2-c2ccc(S(N)(=O)=O)cc2)cc1. The third-order valence-corrected chi connectivity index (χ3v) is 4.44. The van der Waals surface area contributed by atoms with Gasteiger partial charge in [0.05, 0.1) is 23.9 Å². The van der Waals surface area contributed by atoms with Gasteiger partial charge in [0.2, 0.25) is 10.0 Å². The van der Waals surface area contributed by atoms with Crippen LogP contribution in [0, 0.1) is 0 Å². The lowest BCUT2D eigenvalue weighted by molar-refractivity contribution is 0.415. The molecule has 7 heteroatoms. The van der Waals surface area contributed by atoms with Crippen LogP contribution >= 0.6 is 0 Å². The number of primary sulfonamides is 1. The third kappa shape index (κ3) is 3.10. The van der Waals surface area contributed by atoms with Crippen molar-refractivity contribution in [3.8, 4) is 28.1 Å². The zero-order valence-corrected chi connectivity index (χ0v) is 13.2. The zero-order valence-electron chi connectivity index (χ0n) is 12.4. The van der Waals surface area contributed by atoms with Crippen LogP contribution in [0.3, 0.4) is 0 Å². The lowest BCUT2D eigenvalue weighted by Crippen LogP contribution is -2.11. The number of nitrogens with one attached hydrogen (secondary N) is 1. The molecule has 3 aromatic rings. The first kappa shape index (κ1) is 15.3. The maximum Gasteiger partial charge on any atom is 0.238 e. The van der Waals surface area contributed by atoms with Crippen LogP contribution in [-0.4, -0.2) is 25.7 Å². The van der Waals surface area contributed by atoms with E-state index in [-0.39, 0.29) is 4.90 Å². The van der Waals surface area contributed by atoms with Crippen molar-refractivity contribution in [2.45, 2.75) is 4.90 Å². The summed E-state index contributed by atoms with van der Waals surface area (Å²) in [4.78, 5) is 0.0757. The van der Waals surface area contributed by atoms with Crippen molar-refractivity contribution in [1.29, 1.82) is 0 Å². The average Bonchev–Trinajstić information content (AvgIpc) is 3.04. The molecule has 0 saturated carbocycles. The van der Waals surface area contributed by atoms with E-state index in [2.05, 4.69) is 10.2 Å². The van der Waals surface area contributed by atoms with Gasteiger partial charge in [-0.1, -0.05) is 24.3 Å². The van der Waals surface area contributed by atoms with Crippen LogP contribution in [0.1, 0.15) is 0 Å². The van der Waals surface area contributed by atoms with Crippen LogP contribution in [0.2, 0.25) is 0 Å². The van der Waals surface area contributed by atoms with Crippen LogP contribution < -0.4 is 9.88 Å². The smallest absolute Gasteiger partial charge is 0.238 e. The molecule has 0 saturated heterocycles. The maximum absolute atomic E-state index is 11.3. The van der Waals surface area contributed by atoms with E-state index in [1.165, 1.54) is 12.1 Å². The largest absolute Gasteiger partial charge is 0.497 e. The Hall–Kier alpha value is -2.64. The monoisotopic (exact) mass is 329 g/mol. The summed E-state index contributed by atoms with van der Waals surface area (Å²) >= 11 is 0. The highest BCUT2D eigenvalue weighted by Crippen LogP contribution is 2.31. The molecule has 2 aromatic carbocycles. The number of nitrogens with zero attached hydrogens (tertiary/aromatic N) is 1. The Kier molecular flexibility index (Phi) is 3.89. The quantitative estimate of drug-likeness (QED) is 0.768. The van der Waals surface area contributed by atoms with Crippen LogP contribution in [0.15, 0.2) is 59.6 Å². The summed E-state index contributed by atoms with van der Waals surface area (Å²) in [6.07, 6.45) is 1.73. The van der Waals surface area contributed by atoms with Crippen molar-refractivity contribution in [2.24, 2.45) is 5.14 Å². The molecule has 6 nitrogen and oxygen atoms in total. The predicted molar refractivity (Wildman–Crippen MR) is 87.4 cm³/mol. The second-order valence-electron chi connectivity index (χ2n) is 4.96. The van der Waals surface area contributed by atoms with Gasteiger partial charge in [0.25, 0.3) is 0 Å². The third-order valence-electron chi connectivity index (χ3n) is 3.51. The van der Waals surface area contributed by atoms with E-state index in [1.807, 2.05) is 24.3 Å². The summed E-state index contributed by atoms with van der Waals surface area (Å²) in [6.45, 7) is 0. The highest BCUT2D eigenvalue weighted by molar-refractivity contribution is 7.89. The molecule has 0 bridgehead atoms. The maximum atomic E-state index is 11.3. The molecule has 1 aromatic heterocycles. The fourth-order valence-corrected chi connectivity index (χ4v) is 2.82. The van der Waals surface area contributed by atoms with Crippen LogP contribution in [0.25, 0.3) is 22.4 Å². The molecule has 0 fully saturated rings. The summed E-state index contributed by atoms with van der Waals surface area (Å²) < 4.78 is 27.8. The Balaban J connectivity index is 2.00. The second kappa shape index (κ2) is 5.86. The summed E-state index contributed by atoms with van der Waals surface area (Å²) in [5.74, 6) is 0.774. The lowest BCUT2D eigenvalue weighted by atomic mass is 10.0. The molecule has 0 aliphatic heterocycles. The average molecular weight is 329 g/mol. The van der Waals surface area contributed by atoms with Crippen molar-refractivity contribution in [2.75, 3.05) is 7.11 Å².